The van der Waals surface area contributed by atoms with Gasteiger partial charge in [0.2, 0.25) is 5.91 Å². The van der Waals surface area contributed by atoms with Crippen molar-refractivity contribution in [1.82, 2.24) is 5.32 Å². The molecule has 2 atom stereocenters. The summed E-state index contributed by atoms with van der Waals surface area (Å²) in [6, 6.07) is 0. The van der Waals surface area contributed by atoms with Crippen molar-refractivity contribution in [3.05, 3.63) is 0 Å². The Hall–Kier alpha value is -1.06. The number of carbonyl (C=O) groups is 2. The number of esters is 1. The van der Waals surface area contributed by atoms with E-state index in [9.17, 15) is 9.59 Å². The fourth-order valence-electron chi connectivity index (χ4n) is 2.03. The smallest absolute Gasteiger partial charge is 0.318 e. The Kier molecular flexibility index (Phi) is 4.12. The van der Waals surface area contributed by atoms with Gasteiger partial charge in [-0.3, -0.25) is 9.59 Å². The van der Waals surface area contributed by atoms with Crippen molar-refractivity contribution < 1.29 is 14.3 Å². The van der Waals surface area contributed by atoms with Gasteiger partial charge in [0.25, 0.3) is 0 Å². The van der Waals surface area contributed by atoms with E-state index in [0.717, 1.165) is 6.42 Å². The van der Waals surface area contributed by atoms with Crippen LogP contribution in [0.15, 0.2) is 0 Å². The molecule has 1 fully saturated rings. The maximum atomic E-state index is 11.6. The lowest BCUT2D eigenvalue weighted by Crippen LogP contribution is -2.30. The molecule has 4 heteroatoms. The number of ether oxygens (including phenoxy) is 1. The van der Waals surface area contributed by atoms with E-state index in [4.69, 9.17) is 4.74 Å². The Bertz CT molecular complexity index is 250. The fraction of sp³-hybridized carbons (Fsp3) is 0.818. The molecule has 1 saturated heterocycles. The Morgan fingerprint density at radius 3 is 2.80 bits per heavy atom. The minimum Gasteiger partial charge on any atom is -0.465 e. The molecule has 4 nitrogen and oxygen atoms in total. The molecule has 1 amide bonds. The van der Waals surface area contributed by atoms with Crippen LogP contribution in [0.4, 0.5) is 0 Å². The number of amides is 1. The van der Waals surface area contributed by atoms with Gasteiger partial charge in [0, 0.05) is 6.54 Å². The quantitative estimate of drug-likeness (QED) is 0.559. The van der Waals surface area contributed by atoms with Crippen LogP contribution in [0.25, 0.3) is 0 Å². The maximum absolute atomic E-state index is 11.6. The number of hydrogen-bond donors (Lipinski definition) is 1. The van der Waals surface area contributed by atoms with Gasteiger partial charge in [-0.15, -0.1) is 0 Å². The van der Waals surface area contributed by atoms with Gasteiger partial charge in [-0.1, -0.05) is 13.8 Å². The second-order valence-corrected chi connectivity index (χ2v) is 4.36. The van der Waals surface area contributed by atoms with Gasteiger partial charge >= 0.3 is 5.97 Å². The summed E-state index contributed by atoms with van der Waals surface area (Å²) in [5.41, 5.74) is 0. The van der Waals surface area contributed by atoms with Crippen LogP contribution in [0.5, 0.6) is 0 Å². The minimum absolute atomic E-state index is 0.0940. The molecule has 86 valence electrons. The van der Waals surface area contributed by atoms with E-state index in [-0.39, 0.29) is 17.8 Å². The summed E-state index contributed by atoms with van der Waals surface area (Å²) in [4.78, 5) is 23.0. The van der Waals surface area contributed by atoms with Crippen molar-refractivity contribution in [3.63, 3.8) is 0 Å². The van der Waals surface area contributed by atoms with Crippen molar-refractivity contribution in [3.8, 4) is 0 Å². The SMILES string of the molecule is CCOC(=O)C1C(=O)NC[C@H]1CC(C)C. The number of carbonyl (C=O) groups excluding carboxylic acids is 2. The van der Waals surface area contributed by atoms with Crippen LogP contribution in [-0.2, 0) is 14.3 Å². The van der Waals surface area contributed by atoms with Crippen LogP contribution in [0.3, 0.4) is 0 Å². The van der Waals surface area contributed by atoms with Crippen LogP contribution in [0.1, 0.15) is 27.2 Å². The third kappa shape index (κ3) is 2.94. The molecule has 0 aromatic heterocycles. The number of hydrogen-bond acceptors (Lipinski definition) is 3. The van der Waals surface area contributed by atoms with Crippen LogP contribution in [-0.4, -0.2) is 25.0 Å². The Morgan fingerprint density at radius 1 is 1.60 bits per heavy atom. The van der Waals surface area contributed by atoms with Crippen molar-refractivity contribution in [2.24, 2.45) is 17.8 Å². The van der Waals surface area contributed by atoms with E-state index >= 15 is 0 Å². The molecule has 0 spiro atoms. The summed E-state index contributed by atoms with van der Waals surface area (Å²) >= 11 is 0. The summed E-state index contributed by atoms with van der Waals surface area (Å²) in [6.07, 6.45) is 0.877. The first kappa shape index (κ1) is 12.0. The number of nitrogens with one attached hydrogen (secondary N) is 1. The van der Waals surface area contributed by atoms with Crippen molar-refractivity contribution in [1.29, 1.82) is 0 Å². The third-order valence-electron chi connectivity index (χ3n) is 2.61. The molecule has 1 aliphatic rings. The Balaban J connectivity index is 2.64. The van der Waals surface area contributed by atoms with Gasteiger partial charge in [0.05, 0.1) is 6.61 Å². The first-order valence-corrected chi connectivity index (χ1v) is 5.50. The lowest BCUT2D eigenvalue weighted by atomic mass is 9.88. The molecule has 1 rings (SSSR count). The van der Waals surface area contributed by atoms with E-state index in [1.54, 1.807) is 6.92 Å². The molecule has 0 aromatic carbocycles. The molecule has 15 heavy (non-hydrogen) atoms. The molecule has 0 radical (unpaired) electrons. The summed E-state index contributed by atoms with van der Waals surface area (Å²) in [6.45, 7) is 6.86. The number of rotatable bonds is 4. The van der Waals surface area contributed by atoms with Crippen molar-refractivity contribution >= 4 is 11.9 Å². The van der Waals surface area contributed by atoms with Crippen LogP contribution >= 0.6 is 0 Å². The van der Waals surface area contributed by atoms with Crippen molar-refractivity contribution in [2.75, 3.05) is 13.2 Å². The van der Waals surface area contributed by atoms with E-state index in [0.29, 0.717) is 19.1 Å². The normalized spacial score (nSPS) is 25.5. The highest BCUT2D eigenvalue weighted by Gasteiger charge is 2.41. The van der Waals surface area contributed by atoms with Gasteiger partial charge in [0.1, 0.15) is 5.92 Å². The maximum Gasteiger partial charge on any atom is 0.318 e. The fourth-order valence-corrected chi connectivity index (χ4v) is 2.03. The molecule has 0 aliphatic carbocycles. The van der Waals surface area contributed by atoms with Gasteiger partial charge < -0.3 is 10.1 Å². The van der Waals surface area contributed by atoms with E-state index in [1.165, 1.54) is 0 Å². The van der Waals surface area contributed by atoms with Gasteiger partial charge in [-0.2, -0.15) is 0 Å². The molecule has 1 N–H and O–H groups in total. The molecule has 1 heterocycles. The molecular formula is C11H19NO3. The largest absolute Gasteiger partial charge is 0.465 e. The summed E-state index contributed by atoms with van der Waals surface area (Å²) in [5.74, 6) is -0.569. The zero-order valence-electron chi connectivity index (χ0n) is 9.58. The zero-order chi connectivity index (χ0) is 11.4. The van der Waals surface area contributed by atoms with Crippen LogP contribution in [0, 0.1) is 17.8 Å². The molecule has 0 bridgehead atoms. The monoisotopic (exact) mass is 213 g/mol. The minimum atomic E-state index is -0.590. The average molecular weight is 213 g/mol. The highest BCUT2D eigenvalue weighted by atomic mass is 16.5. The Labute approximate surface area is 90.4 Å². The van der Waals surface area contributed by atoms with Gasteiger partial charge in [0.15, 0.2) is 0 Å². The first-order valence-electron chi connectivity index (χ1n) is 5.50. The van der Waals surface area contributed by atoms with Crippen LogP contribution in [0.2, 0.25) is 0 Å². The summed E-state index contributed by atoms with van der Waals surface area (Å²) in [7, 11) is 0. The standard InChI is InChI=1S/C11H19NO3/c1-4-15-11(14)9-8(5-7(2)3)6-12-10(9)13/h7-9H,4-6H2,1-3H3,(H,12,13)/t8-,9?/m1/s1. The lowest BCUT2D eigenvalue weighted by Gasteiger charge is -2.16. The van der Waals surface area contributed by atoms with E-state index in [2.05, 4.69) is 19.2 Å². The third-order valence-corrected chi connectivity index (χ3v) is 2.61. The molecular weight excluding hydrogens is 194 g/mol. The van der Waals surface area contributed by atoms with Gasteiger partial charge in [-0.05, 0) is 25.2 Å². The molecule has 0 aromatic rings. The Morgan fingerprint density at radius 2 is 2.27 bits per heavy atom. The van der Waals surface area contributed by atoms with E-state index < -0.39 is 5.92 Å². The van der Waals surface area contributed by atoms with E-state index in [1.807, 2.05) is 0 Å². The second-order valence-electron chi connectivity index (χ2n) is 4.36. The highest BCUT2D eigenvalue weighted by Crippen LogP contribution is 2.25. The summed E-state index contributed by atoms with van der Waals surface area (Å²) < 4.78 is 4.91. The van der Waals surface area contributed by atoms with Crippen LogP contribution < -0.4 is 5.32 Å². The predicted molar refractivity (Wildman–Crippen MR) is 56.1 cm³/mol. The van der Waals surface area contributed by atoms with Crippen molar-refractivity contribution in [2.45, 2.75) is 27.2 Å². The predicted octanol–water partition coefficient (Wildman–Crippen LogP) is 0.958. The summed E-state index contributed by atoms with van der Waals surface area (Å²) in [5, 5.41) is 2.72. The average Bonchev–Trinajstić information content (AvgIpc) is 2.46. The van der Waals surface area contributed by atoms with Gasteiger partial charge in [-0.25, -0.2) is 0 Å². The first-order chi connectivity index (χ1) is 7.06. The lowest BCUT2D eigenvalue weighted by molar-refractivity contribution is -0.152. The molecule has 1 unspecified atom stereocenters. The zero-order valence-corrected chi connectivity index (χ0v) is 9.58. The molecule has 1 aliphatic heterocycles. The molecule has 0 saturated carbocycles. The topological polar surface area (TPSA) is 55.4 Å². The highest BCUT2D eigenvalue weighted by molar-refractivity contribution is 5.99. The second kappa shape index (κ2) is 5.14.